The Morgan fingerprint density at radius 2 is 2.15 bits per heavy atom. The first kappa shape index (κ1) is 18.4. The molecule has 0 radical (unpaired) electrons. The van der Waals surface area contributed by atoms with Crippen molar-refractivity contribution in [2.24, 2.45) is 7.05 Å². The molecule has 0 unspecified atom stereocenters. The number of anilines is 1. The molecule has 1 aliphatic rings. The summed E-state index contributed by atoms with van der Waals surface area (Å²) >= 11 is 0. The molecule has 1 saturated heterocycles. The van der Waals surface area contributed by atoms with Crippen molar-refractivity contribution in [3.8, 4) is 5.75 Å². The largest absolute Gasteiger partial charge is 0.491 e. The van der Waals surface area contributed by atoms with Gasteiger partial charge in [-0.3, -0.25) is 14.4 Å². The fourth-order valence-corrected chi connectivity index (χ4v) is 3.20. The molecule has 140 valence electrons. The molecular formula is C19H26N4O3. The van der Waals surface area contributed by atoms with Crippen LogP contribution in [0.5, 0.6) is 5.75 Å². The topological polar surface area (TPSA) is 79.6 Å². The summed E-state index contributed by atoms with van der Waals surface area (Å²) in [5, 5.41) is 17.7. The molecular weight excluding hydrogens is 332 g/mol. The van der Waals surface area contributed by atoms with E-state index in [-0.39, 0.29) is 19.1 Å². The average molecular weight is 358 g/mol. The number of β-amino-alcohol motifs (C(OH)–C–C–N with tert-alkyl or cyclic N) is 1. The highest BCUT2D eigenvalue weighted by Crippen LogP contribution is 2.23. The highest BCUT2D eigenvalue weighted by Gasteiger charge is 2.34. The Bertz CT molecular complexity index is 743. The summed E-state index contributed by atoms with van der Waals surface area (Å²) in [6, 6.07) is 7.77. The Kier molecular flexibility index (Phi) is 5.58. The third-order valence-electron chi connectivity index (χ3n) is 4.52. The zero-order valence-corrected chi connectivity index (χ0v) is 15.3. The summed E-state index contributed by atoms with van der Waals surface area (Å²) in [5.74, 6) is 0.636. The van der Waals surface area contributed by atoms with Crippen molar-refractivity contribution in [3.05, 3.63) is 42.2 Å². The average Bonchev–Trinajstić information content (AvgIpc) is 2.99. The lowest BCUT2D eigenvalue weighted by molar-refractivity contribution is -0.119. The van der Waals surface area contributed by atoms with Crippen molar-refractivity contribution in [2.45, 2.75) is 25.4 Å². The van der Waals surface area contributed by atoms with Gasteiger partial charge in [-0.05, 0) is 38.4 Å². The number of carbonyl (C=O) groups is 1. The van der Waals surface area contributed by atoms with Crippen LogP contribution in [0.25, 0.3) is 0 Å². The summed E-state index contributed by atoms with van der Waals surface area (Å²) in [6.45, 7) is 3.68. The number of piperidine rings is 1. The molecule has 1 amide bonds. The second kappa shape index (κ2) is 7.88. The number of nitrogens with one attached hydrogen (secondary N) is 1. The SMILES string of the molecule is Cc1ccc(OC[C@]2(O)CCCN(CC(=O)Nc3cnn(C)c3)C2)cc1. The van der Waals surface area contributed by atoms with Gasteiger partial charge in [0.15, 0.2) is 0 Å². The number of aryl methyl sites for hydroxylation is 2. The molecule has 0 saturated carbocycles. The third-order valence-corrected chi connectivity index (χ3v) is 4.52. The minimum Gasteiger partial charge on any atom is -0.491 e. The van der Waals surface area contributed by atoms with E-state index in [0.717, 1.165) is 18.7 Å². The van der Waals surface area contributed by atoms with Crippen LogP contribution in [0.1, 0.15) is 18.4 Å². The van der Waals surface area contributed by atoms with Gasteiger partial charge in [-0.25, -0.2) is 0 Å². The maximum absolute atomic E-state index is 12.2. The van der Waals surface area contributed by atoms with E-state index in [1.165, 1.54) is 5.56 Å². The predicted molar refractivity (Wildman–Crippen MR) is 99.1 cm³/mol. The minimum atomic E-state index is -0.947. The molecule has 7 nitrogen and oxygen atoms in total. The lowest BCUT2D eigenvalue weighted by Crippen LogP contribution is -2.53. The Balaban J connectivity index is 1.50. The number of aromatic nitrogens is 2. The Morgan fingerprint density at radius 1 is 1.38 bits per heavy atom. The fraction of sp³-hybridized carbons (Fsp3) is 0.474. The van der Waals surface area contributed by atoms with Gasteiger partial charge in [-0.1, -0.05) is 17.7 Å². The van der Waals surface area contributed by atoms with Crippen molar-refractivity contribution in [3.63, 3.8) is 0 Å². The Labute approximate surface area is 153 Å². The van der Waals surface area contributed by atoms with Gasteiger partial charge in [0.2, 0.25) is 5.91 Å². The van der Waals surface area contributed by atoms with Gasteiger partial charge in [-0.2, -0.15) is 5.10 Å². The van der Waals surface area contributed by atoms with Gasteiger partial charge in [-0.15, -0.1) is 0 Å². The van der Waals surface area contributed by atoms with E-state index in [9.17, 15) is 9.90 Å². The molecule has 3 rings (SSSR count). The number of carbonyl (C=O) groups excluding carboxylic acids is 1. The first-order chi connectivity index (χ1) is 12.4. The summed E-state index contributed by atoms with van der Waals surface area (Å²) in [7, 11) is 1.80. The maximum Gasteiger partial charge on any atom is 0.238 e. The van der Waals surface area contributed by atoms with Crippen LogP contribution in [0.15, 0.2) is 36.7 Å². The van der Waals surface area contributed by atoms with Gasteiger partial charge < -0.3 is 15.2 Å². The number of hydrogen-bond donors (Lipinski definition) is 2. The van der Waals surface area contributed by atoms with E-state index in [0.29, 0.717) is 18.7 Å². The van der Waals surface area contributed by atoms with E-state index in [4.69, 9.17) is 4.74 Å². The number of benzene rings is 1. The van der Waals surface area contributed by atoms with Crippen molar-refractivity contribution < 1.29 is 14.6 Å². The molecule has 1 fully saturated rings. The summed E-state index contributed by atoms with van der Waals surface area (Å²) in [6.07, 6.45) is 4.85. The molecule has 26 heavy (non-hydrogen) atoms. The Hall–Kier alpha value is -2.38. The maximum atomic E-state index is 12.2. The second-order valence-corrected chi connectivity index (χ2v) is 7.09. The first-order valence-corrected chi connectivity index (χ1v) is 8.85. The van der Waals surface area contributed by atoms with Crippen LogP contribution in [0.3, 0.4) is 0 Å². The van der Waals surface area contributed by atoms with Gasteiger partial charge >= 0.3 is 0 Å². The van der Waals surface area contributed by atoms with E-state index in [2.05, 4.69) is 10.4 Å². The highest BCUT2D eigenvalue weighted by atomic mass is 16.5. The van der Waals surface area contributed by atoms with Crippen molar-refractivity contribution in [1.29, 1.82) is 0 Å². The van der Waals surface area contributed by atoms with Crippen LogP contribution >= 0.6 is 0 Å². The van der Waals surface area contributed by atoms with Gasteiger partial charge in [0.1, 0.15) is 18.0 Å². The van der Waals surface area contributed by atoms with Gasteiger partial charge in [0.25, 0.3) is 0 Å². The molecule has 0 bridgehead atoms. The van der Waals surface area contributed by atoms with Crippen LogP contribution in [0, 0.1) is 6.92 Å². The van der Waals surface area contributed by atoms with Crippen LogP contribution in [0.4, 0.5) is 5.69 Å². The summed E-state index contributed by atoms with van der Waals surface area (Å²) in [4.78, 5) is 14.2. The molecule has 2 N–H and O–H groups in total. The number of hydrogen-bond acceptors (Lipinski definition) is 5. The predicted octanol–water partition coefficient (Wildman–Crippen LogP) is 1.57. The van der Waals surface area contributed by atoms with E-state index in [1.807, 2.05) is 36.1 Å². The fourth-order valence-electron chi connectivity index (χ4n) is 3.20. The summed E-state index contributed by atoms with van der Waals surface area (Å²) < 4.78 is 7.40. The number of nitrogens with zero attached hydrogens (tertiary/aromatic N) is 3. The Morgan fingerprint density at radius 3 is 2.85 bits per heavy atom. The second-order valence-electron chi connectivity index (χ2n) is 7.09. The first-order valence-electron chi connectivity index (χ1n) is 8.85. The van der Waals surface area contributed by atoms with Crippen LogP contribution < -0.4 is 10.1 Å². The smallest absolute Gasteiger partial charge is 0.238 e. The lowest BCUT2D eigenvalue weighted by Gasteiger charge is -2.38. The van der Waals surface area contributed by atoms with Crippen LogP contribution in [0.2, 0.25) is 0 Å². The number of rotatable bonds is 6. The monoisotopic (exact) mass is 358 g/mol. The van der Waals surface area contributed by atoms with Gasteiger partial charge in [0.05, 0.1) is 18.4 Å². The molecule has 1 aromatic carbocycles. The number of ether oxygens (including phenoxy) is 1. The molecule has 1 aliphatic heterocycles. The number of aliphatic hydroxyl groups is 1. The van der Waals surface area contributed by atoms with Gasteiger partial charge in [0, 0.05) is 19.8 Å². The zero-order valence-electron chi connectivity index (χ0n) is 15.3. The standard InChI is InChI=1S/C19H26N4O3/c1-15-4-6-17(7-5-15)26-14-19(25)8-3-9-23(13-19)12-18(24)21-16-10-20-22(2)11-16/h4-7,10-11,25H,3,8-9,12-14H2,1-2H3,(H,21,24)/t19-/m0/s1. The van der Waals surface area contributed by atoms with Crippen LogP contribution in [-0.4, -0.2) is 57.5 Å². The van der Waals surface area contributed by atoms with Crippen LogP contribution in [-0.2, 0) is 11.8 Å². The quantitative estimate of drug-likeness (QED) is 0.819. The zero-order chi connectivity index (χ0) is 18.6. The minimum absolute atomic E-state index is 0.110. The summed E-state index contributed by atoms with van der Waals surface area (Å²) in [5.41, 5.74) is 0.893. The van der Waals surface area contributed by atoms with E-state index < -0.39 is 5.60 Å². The third kappa shape index (κ3) is 5.06. The highest BCUT2D eigenvalue weighted by molar-refractivity contribution is 5.91. The number of amides is 1. The van der Waals surface area contributed by atoms with E-state index in [1.54, 1.807) is 24.1 Å². The molecule has 0 spiro atoms. The molecule has 1 atom stereocenters. The normalized spacial score (nSPS) is 20.7. The molecule has 2 aromatic rings. The molecule has 7 heteroatoms. The van der Waals surface area contributed by atoms with Crippen molar-refractivity contribution >= 4 is 11.6 Å². The van der Waals surface area contributed by atoms with Crippen molar-refractivity contribution in [2.75, 3.05) is 31.6 Å². The molecule has 1 aromatic heterocycles. The number of likely N-dealkylation sites (tertiary alicyclic amines) is 1. The molecule has 0 aliphatic carbocycles. The molecule has 2 heterocycles. The van der Waals surface area contributed by atoms with E-state index >= 15 is 0 Å². The van der Waals surface area contributed by atoms with Crippen molar-refractivity contribution in [1.82, 2.24) is 14.7 Å². The lowest BCUT2D eigenvalue weighted by atomic mass is 9.93.